The number of phenols is 1. The van der Waals surface area contributed by atoms with E-state index < -0.39 is 17.9 Å². The molecule has 2 atom stereocenters. The van der Waals surface area contributed by atoms with E-state index in [1.165, 1.54) is 12.1 Å². The number of aromatic hydroxyl groups is 1. The van der Waals surface area contributed by atoms with Crippen molar-refractivity contribution in [1.82, 2.24) is 19.8 Å². The molecule has 2 heterocycles. The van der Waals surface area contributed by atoms with Gasteiger partial charge in [0.1, 0.15) is 17.6 Å². The number of carbonyl (C=O) groups excluding carboxylic acids is 1. The fourth-order valence-corrected chi connectivity index (χ4v) is 5.08. The number of aromatic nitrogens is 2. The number of rotatable bonds is 8. The van der Waals surface area contributed by atoms with Gasteiger partial charge in [0.05, 0.1) is 29.7 Å². The van der Waals surface area contributed by atoms with Crippen molar-refractivity contribution < 1.29 is 14.3 Å². The molecule has 9 heteroatoms. The minimum absolute atomic E-state index is 0.00682. The summed E-state index contributed by atoms with van der Waals surface area (Å²) < 4.78 is 15.9. The Morgan fingerprint density at radius 3 is 2.68 bits per heavy atom. The van der Waals surface area contributed by atoms with Crippen molar-refractivity contribution in [2.24, 2.45) is 0 Å². The maximum Gasteiger partial charge on any atom is 0.240 e. The fourth-order valence-electron chi connectivity index (χ4n) is 4.88. The second-order valence-electron chi connectivity index (χ2n) is 9.25. The first-order chi connectivity index (χ1) is 18.4. The lowest BCUT2D eigenvalue weighted by Crippen LogP contribution is -2.40. The van der Waals surface area contributed by atoms with Crippen LogP contribution in [0.5, 0.6) is 5.75 Å². The van der Waals surface area contributed by atoms with Gasteiger partial charge in [0.2, 0.25) is 5.91 Å². The van der Waals surface area contributed by atoms with Gasteiger partial charge in [-0.15, -0.1) is 0 Å². The molecule has 1 amide bonds. The van der Waals surface area contributed by atoms with Crippen LogP contribution in [-0.2, 0) is 17.9 Å². The lowest BCUT2D eigenvalue weighted by atomic mass is 9.97. The molecule has 1 aliphatic heterocycles. The number of nitrogens with zero attached hydrogens (tertiary/aromatic N) is 4. The predicted octanol–water partition coefficient (Wildman–Crippen LogP) is 4.78. The summed E-state index contributed by atoms with van der Waals surface area (Å²) >= 11 is 6.27. The van der Waals surface area contributed by atoms with Crippen LogP contribution >= 0.6 is 11.6 Å². The van der Waals surface area contributed by atoms with E-state index in [0.29, 0.717) is 36.6 Å². The summed E-state index contributed by atoms with van der Waals surface area (Å²) in [6.45, 7) is 1.32. The SMILES string of the molecule is N#Cc1ccc(Cn2cncc2CN[C@H]2CCN(C(c3cccc(O)c3)c3cccc(Cl)c3)C2=O)cc1F. The van der Waals surface area contributed by atoms with Gasteiger partial charge in [-0.05, 0) is 59.5 Å². The summed E-state index contributed by atoms with van der Waals surface area (Å²) in [4.78, 5) is 19.6. The molecule has 38 heavy (non-hydrogen) atoms. The third-order valence-electron chi connectivity index (χ3n) is 6.74. The van der Waals surface area contributed by atoms with E-state index in [2.05, 4.69) is 10.3 Å². The maximum atomic E-state index is 14.0. The summed E-state index contributed by atoms with van der Waals surface area (Å²) in [6.07, 6.45) is 3.99. The fraction of sp³-hybridized carbons (Fsp3) is 0.207. The molecule has 192 valence electrons. The van der Waals surface area contributed by atoms with Gasteiger partial charge in [0.25, 0.3) is 0 Å². The van der Waals surface area contributed by atoms with Gasteiger partial charge in [-0.3, -0.25) is 4.79 Å². The summed E-state index contributed by atoms with van der Waals surface area (Å²) in [5.74, 6) is -0.466. The first-order valence-corrected chi connectivity index (χ1v) is 12.6. The summed E-state index contributed by atoms with van der Waals surface area (Å²) in [6, 6.07) is 19.9. The zero-order chi connectivity index (χ0) is 26.6. The lowest BCUT2D eigenvalue weighted by Gasteiger charge is -2.29. The largest absolute Gasteiger partial charge is 0.508 e. The van der Waals surface area contributed by atoms with Crippen LogP contribution in [-0.4, -0.2) is 38.1 Å². The smallest absolute Gasteiger partial charge is 0.240 e. The highest BCUT2D eigenvalue weighted by molar-refractivity contribution is 6.30. The molecule has 3 aromatic carbocycles. The number of phenolic OH excluding ortho intramolecular Hbond substituents is 1. The van der Waals surface area contributed by atoms with Crippen molar-refractivity contribution in [3.63, 3.8) is 0 Å². The van der Waals surface area contributed by atoms with Gasteiger partial charge in [-0.25, -0.2) is 9.37 Å². The predicted molar refractivity (Wildman–Crippen MR) is 141 cm³/mol. The van der Waals surface area contributed by atoms with E-state index in [0.717, 1.165) is 16.8 Å². The number of imidazole rings is 1. The number of amides is 1. The number of nitrogens with one attached hydrogen (secondary N) is 1. The molecular weight excluding hydrogens is 505 g/mol. The molecule has 1 aliphatic rings. The Morgan fingerprint density at radius 2 is 1.95 bits per heavy atom. The van der Waals surface area contributed by atoms with Crippen molar-refractivity contribution in [2.45, 2.75) is 31.6 Å². The molecule has 4 aromatic rings. The molecular formula is C29H25ClFN5O2. The van der Waals surface area contributed by atoms with Crippen molar-refractivity contribution in [3.05, 3.63) is 118 Å². The molecule has 0 saturated carbocycles. The van der Waals surface area contributed by atoms with Crippen LogP contribution in [0.1, 0.15) is 40.4 Å². The Bertz CT molecular complexity index is 1470. The molecule has 5 rings (SSSR count). The Balaban J connectivity index is 1.31. The minimum Gasteiger partial charge on any atom is -0.508 e. The molecule has 2 N–H and O–H groups in total. The van der Waals surface area contributed by atoms with Gasteiger partial charge in [-0.1, -0.05) is 41.9 Å². The van der Waals surface area contributed by atoms with Crippen LogP contribution in [0.3, 0.4) is 0 Å². The normalized spacial score (nSPS) is 16.0. The van der Waals surface area contributed by atoms with Crippen LogP contribution in [0.4, 0.5) is 4.39 Å². The second kappa shape index (κ2) is 11.1. The molecule has 0 bridgehead atoms. The topological polar surface area (TPSA) is 94.2 Å². The second-order valence-corrected chi connectivity index (χ2v) is 9.68. The van der Waals surface area contributed by atoms with Crippen LogP contribution in [0.25, 0.3) is 0 Å². The van der Waals surface area contributed by atoms with Crippen LogP contribution < -0.4 is 5.32 Å². The number of hydrogen-bond acceptors (Lipinski definition) is 5. The van der Waals surface area contributed by atoms with E-state index in [4.69, 9.17) is 16.9 Å². The molecule has 0 aliphatic carbocycles. The monoisotopic (exact) mass is 529 g/mol. The number of likely N-dealkylation sites (tertiary alicyclic amines) is 1. The first-order valence-electron chi connectivity index (χ1n) is 12.2. The molecule has 1 fully saturated rings. The van der Waals surface area contributed by atoms with Crippen LogP contribution in [0, 0.1) is 17.1 Å². The Morgan fingerprint density at radius 1 is 1.16 bits per heavy atom. The average Bonchev–Trinajstić information content (AvgIpc) is 3.49. The van der Waals surface area contributed by atoms with Gasteiger partial charge in [-0.2, -0.15) is 5.26 Å². The number of nitriles is 1. The van der Waals surface area contributed by atoms with E-state index >= 15 is 0 Å². The van der Waals surface area contributed by atoms with E-state index in [1.54, 1.807) is 42.9 Å². The highest BCUT2D eigenvalue weighted by Gasteiger charge is 2.37. The maximum absolute atomic E-state index is 14.0. The number of benzene rings is 3. The zero-order valence-electron chi connectivity index (χ0n) is 20.4. The number of carbonyl (C=O) groups is 1. The highest BCUT2D eigenvalue weighted by Crippen LogP contribution is 2.34. The Hall–Kier alpha value is -4.19. The Labute approximate surface area is 224 Å². The molecule has 1 unspecified atom stereocenters. The van der Waals surface area contributed by atoms with Gasteiger partial charge < -0.3 is 19.9 Å². The molecule has 1 saturated heterocycles. The number of halogens is 2. The van der Waals surface area contributed by atoms with Crippen molar-refractivity contribution in [3.8, 4) is 11.8 Å². The quantitative estimate of drug-likeness (QED) is 0.342. The lowest BCUT2D eigenvalue weighted by molar-refractivity contribution is -0.130. The molecule has 0 spiro atoms. The molecule has 7 nitrogen and oxygen atoms in total. The first kappa shape index (κ1) is 25.5. The highest BCUT2D eigenvalue weighted by atomic mass is 35.5. The summed E-state index contributed by atoms with van der Waals surface area (Å²) in [5.41, 5.74) is 3.23. The third kappa shape index (κ3) is 5.40. The number of hydrogen-bond donors (Lipinski definition) is 2. The van der Waals surface area contributed by atoms with E-state index in [9.17, 15) is 14.3 Å². The minimum atomic E-state index is -0.553. The van der Waals surface area contributed by atoms with E-state index in [-0.39, 0.29) is 17.2 Å². The molecule has 0 radical (unpaired) electrons. The van der Waals surface area contributed by atoms with Gasteiger partial charge >= 0.3 is 0 Å². The zero-order valence-corrected chi connectivity index (χ0v) is 21.1. The van der Waals surface area contributed by atoms with Crippen LogP contribution in [0.15, 0.2) is 79.3 Å². The van der Waals surface area contributed by atoms with Gasteiger partial charge in [0, 0.05) is 30.9 Å². The summed E-state index contributed by atoms with van der Waals surface area (Å²) in [7, 11) is 0. The van der Waals surface area contributed by atoms with Crippen molar-refractivity contribution in [1.29, 1.82) is 5.26 Å². The molecule has 1 aromatic heterocycles. The van der Waals surface area contributed by atoms with Gasteiger partial charge in [0.15, 0.2) is 0 Å². The van der Waals surface area contributed by atoms with E-state index in [1.807, 2.05) is 39.8 Å². The van der Waals surface area contributed by atoms with Crippen molar-refractivity contribution >= 4 is 17.5 Å². The summed E-state index contributed by atoms with van der Waals surface area (Å²) in [5, 5.41) is 23.0. The average molecular weight is 530 g/mol. The third-order valence-corrected chi connectivity index (χ3v) is 6.97. The van der Waals surface area contributed by atoms with Crippen LogP contribution in [0.2, 0.25) is 5.02 Å². The Kier molecular flexibility index (Phi) is 7.40. The standard InChI is InChI=1S/C29H25ClFN5O2/c30-23-5-1-3-20(12-23)28(21-4-2-6-25(37)13-21)36-10-9-27(29(36)38)34-16-24-15-33-18-35(24)17-19-7-8-22(14-32)26(31)11-19/h1-8,11-13,15,18,27-28,34,37H,9-10,16-17H2/t27-,28?/m0/s1. The van der Waals surface area contributed by atoms with Crippen molar-refractivity contribution in [2.75, 3.05) is 6.54 Å².